The van der Waals surface area contributed by atoms with Crippen LogP contribution in [0.2, 0.25) is 0 Å². The van der Waals surface area contributed by atoms with Crippen LogP contribution in [0.5, 0.6) is 0 Å². The van der Waals surface area contributed by atoms with Gasteiger partial charge in [0.05, 0.1) is 19.3 Å². The van der Waals surface area contributed by atoms with Crippen LogP contribution in [0.4, 0.5) is 5.69 Å². The van der Waals surface area contributed by atoms with Gasteiger partial charge in [-0.2, -0.15) is 0 Å². The summed E-state index contributed by atoms with van der Waals surface area (Å²) in [5.41, 5.74) is 2.64. The third-order valence-electron chi connectivity index (χ3n) is 4.42. The van der Waals surface area contributed by atoms with E-state index >= 15 is 0 Å². The van der Waals surface area contributed by atoms with Gasteiger partial charge in [0.1, 0.15) is 5.56 Å². The normalized spacial score (nSPS) is 15.7. The SMILES string of the molecule is Cc1ccc(C(=O)N[C@@H](C)c2ccc(N3CCOCC3)cc2)c(=O)[nH]1. The van der Waals surface area contributed by atoms with Gasteiger partial charge in [0.25, 0.3) is 11.5 Å². The number of rotatable bonds is 4. The summed E-state index contributed by atoms with van der Waals surface area (Å²) < 4.78 is 5.37. The fourth-order valence-electron chi connectivity index (χ4n) is 2.90. The van der Waals surface area contributed by atoms with Crippen LogP contribution in [0.1, 0.15) is 34.6 Å². The second-order valence-corrected chi connectivity index (χ2v) is 6.27. The monoisotopic (exact) mass is 341 g/mol. The van der Waals surface area contributed by atoms with Gasteiger partial charge >= 0.3 is 0 Å². The standard InChI is InChI=1S/C19H23N3O3/c1-13-3-8-17(18(23)20-13)19(24)21-14(2)15-4-6-16(7-5-15)22-9-11-25-12-10-22/h3-8,14H,9-12H2,1-2H3,(H,20,23)(H,21,24)/t14-/m0/s1. The molecule has 1 aliphatic rings. The number of amides is 1. The average Bonchev–Trinajstić information content (AvgIpc) is 2.62. The zero-order valence-electron chi connectivity index (χ0n) is 14.5. The number of pyridine rings is 1. The Morgan fingerprint density at radius 3 is 2.48 bits per heavy atom. The van der Waals surface area contributed by atoms with Gasteiger partial charge in [0.15, 0.2) is 0 Å². The number of anilines is 1. The van der Waals surface area contributed by atoms with Gasteiger partial charge in [-0.05, 0) is 43.7 Å². The lowest BCUT2D eigenvalue weighted by atomic mass is 10.1. The Morgan fingerprint density at radius 2 is 1.84 bits per heavy atom. The third kappa shape index (κ3) is 4.09. The van der Waals surface area contributed by atoms with E-state index in [9.17, 15) is 9.59 Å². The highest BCUT2D eigenvalue weighted by Gasteiger charge is 2.15. The molecule has 6 nitrogen and oxygen atoms in total. The van der Waals surface area contributed by atoms with E-state index in [0.717, 1.165) is 43.2 Å². The van der Waals surface area contributed by atoms with Crippen LogP contribution in [-0.2, 0) is 4.74 Å². The summed E-state index contributed by atoms with van der Waals surface area (Å²) in [5, 5.41) is 2.88. The number of nitrogens with zero attached hydrogens (tertiary/aromatic N) is 1. The van der Waals surface area contributed by atoms with E-state index in [4.69, 9.17) is 4.74 Å². The first kappa shape index (κ1) is 17.2. The summed E-state index contributed by atoms with van der Waals surface area (Å²) in [6.45, 7) is 6.97. The molecule has 1 aliphatic heterocycles. The Balaban J connectivity index is 1.67. The molecule has 25 heavy (non-hydrogen) atoms. The number of aryl methyl sites for hydroxylation is 1. The fourth-order valence-corrected chi connectivity index (χ4v) is 2.90. The molecular weight excluding hydrogens is 318 g/mol. The molecule has 6 heteroatoms. The summed E-state index contributed by atoms with van der Waals surface area (Å²) >= 11 is 0. The van der Waals surface area contributed by atoms with Gasteiger partial charge in [-0.1, -0.05) is 12.1 Å². The number of aromatic amines is 1. The highest BCUT2D eigenvalue weighted by atomic mass is 16.5. The molecule has 2 N–H and O–H groups in total. The molecule has 1 aromatic heterocycles. The predicted molar refractivity (Wildman–Crippen MR) is 97.2 cm³/mol. The Morgan fingerprint density at radius 1 is 1.16 bits per heavy atom. The van der Waals surface area contributed by atoms with Gasteiger partial charge in [0, 0.05) is 24.5 Å². The van der Waals surface area contributed by atoms with Crippen molar-refractivity contribution in [3.8, 4) is 0 Å². The number of aromatic nitrogens is 1. The number of ether oxygens (including phenoxy) is 1. The molecule has 1 amide bonds. The van der Waals surface area contributed by atoms with Gasteiger partial charge in [-0.15, -0.1) is 0 Å². The lowest BCUT2D eigenvalue weighted by Gasteiger charge is -2.29. The van der Waals surface area contributed by atoms with E-state index in [-0.39, 0.29) is 23.1 Å². The molecular formula is C19H23N3O3. The van der Waals surface area contributed by atoms with E-state index in [0.29, 0.717) is 0 Å². The average molecular weight is 341 g/mol. The molecule has 0 radical (unpaired) electrons. The van der Waals surface area contributed by atoms with E-state index in [2.05, 4.69) is 27.3 Å². The predicted octanol–water partition coefficient (Wildman–Crippen LogP) is 2.01. The maximum atomic E-state index is 12.3. The molecule has 0 unspecified atom stereocenters. The molecule has 1 aromatic carbocycles. The zero-order chi connectivity index (χ0) is 17.8. The minimum Gasteiger partial charge on any atom is -0.378 e. The molecule has 1 fully saturated rings. The maximum absolute atomic E-state index is 12.3. The molecule has 1 atom stereocenters. The van der Waals surface area contributed by atoms with Gasteiger partial charge in [-0.3, -0.25) is 9.59 Å². The largest absolute Gasteiger partial charge is 0.378 e. The number of hydrogen-bond acceptors (Lipinski definition) is 4. The van der Waals surface area contributed by atoms with Gasteiger partial charge in [0.2, 0.25) is 0 Å². The Hall–Kier alpha value is -2.60. The smallest absolute Gasteiger partial charge is 0.260 e. The first-order valence-electron chi connectivity index (χ1n) is 8.48. The van der Waals surface area contributed by atoms with E-state index in [1.807, 2.05) is 19.1 Å². The van der Waals surface area contributed by atoms with Crippen molar-refractivity contribution in [1.29, 1.82) is 0 Å². The van der Waals surface area contributed by atoms with Crippen LogP contribution < -0.4 is 15.8 Å². The molecule has 0 spiro atoms. The maximum Gasteiger partial charge on any atom is 0.260 e. The molecule has 0 saturated carbocycles. The second kappa shape index (κ2) is 7.53. The number of nitrogens with one attached hydrogen (secondary N) is 2. The van der Waals surface area contributed by atoms with Crippen LogP contribution in [0.25, 0.3) is 0 Å². The number of hydrogen-bond donors (Lipinski definition) is 2. The van der Waals surface area contributed by atoms with E-state index < -0.39 is 0 Å². The minimum absolute atomic E-state index is 0.127. The molecule has 2 aromatic rings. The molecule has 1 saturated heterocycles. The quantitative estimate of drug-likeness (QED) is 0.892. The first-order chi connectivity index (χ1) is 12.0. The summed E-state index contributed by atoms with van der Waals surface area (Å²) in [7, 11) is 0. The van der Waals surface area contributed by atoms with Crippen molar-refractivity contribution >= 4 is 11.6 Å². The Labute approximate surface area is 146 Å². The number of carbonyl (C=O) groups is 1. The van der Waals surface area contributed by atoms with Gasteiger partial charge < -0.3 is 19.9 Å². The lowest BCUT2D eigenvalue weighted by Crippen LogP contribution is -2.36. The fraction of sp³-hybridized carbons (Fsp3) is 0.368. The van der Waals surface area contributed by atoms with Crippen molar-refractivity contribution < 1.29 is 9.53 Å². The molecule has 0 aliphatic carbocycles. The second-order valence-electron chi connectivity index (χ2n) is 6.27. The van der Waals surface area contributed by atoms with Crippen molar-refractivity contribution in [1.82, 2.24) is 10.3 Å². The van der Waals surface area contributed by atoms with Crippen molar-refractivity contribution in [2.24, 2.45) is 0 Å². The number of morpholine rings is 1. The third-order valence-corrected chi connectivity index (χ3v) is 4.42. The van der Waals surface area contributed by atoms with Crippen molar-refractivity contribution in [2.45, 2.75) is 19.9 Å². The lowest BCUT2D eigenvalue weighted by molar-refractivity contribution is 0.0938. The Kier molecular flexibility index (Phi) is 5.19. The number of carbonyl (C=O) groups excluding carboxylic acids is 1. The molecule has 132 valence electrons. The minimum atomic E-state index is -0.369. The van der Waals surface area contributed by atoms with Crippen LogP contribution in [-0.4, -0.2) is 37.2 Å². The topological polar surface area (TPSA) is 74.4 Å². The zero-order valence-corrected chi connectivity index (χ0v) is 14.5. The van der Waals surface area contributed by atoms with Gasteiger partial charge in [-0.25, -0.2) is 0 Å². The summed E-state index contributed by atoms with van der Waals surface area (Å²) in [6, 6.07) is 11.2. The van der Waals surface area contributed by atoms with Crippen LogP contribution >= 0.6 is 0 Å². The van der Waals surface area contributed by atoms with E-state index in [1.54, 1.807) is 19.1 Å². The summed E-state index contributed by atoms with van der Waals surface area (Å²) in [4.78, 5) is 29.1. The summed E-state index contributed by atoms with van der Waals surface area (Å²) in [5.74, 6) is -0.369. The highest BCUT2D eigenvalue weighted by molar-refractivity contribution is 5.94. The molecule has 0 bridgehead atoms. The van der Waals surface area contributed by atoms with Crippen molar-refractivity contribution in [2.75, 3.05) is 31.2 Å². The number of benzene rings is 1. The Bertz CT molecular complexity index is 792. The molecule has 3 rings (SSSR count). The van der Waals surface area contributed by atoms with Crippen molar-refractivity contribution in [3.05, 3.63) is 63.6 Å². The van der Waals surface area contributed by atoms with E-state index in [1.165, 1.54) is 0 Å². The van der Waals surface area contributed by atoms with Crippen LogP contribution in [0.15, 0.2) is 41.2 Å². The molecule has 2 heterocycles. The van der Waals surface area contributed by atoms with Crippen molar-refractivity contribution in [3.63, 3.8) is 0 Å². The van der Waals surface area contributed by atoms with Crippen LogP contribution in [0, 0.1) is 6.92 Å². The highest BCUT2D eigenvalue weighted by Crippen LogP contribution is 2.20. The first-order valence-corrected chi connectivity index (χ1v) is 8.48. The number of H-pyrrole nitrogens is 1. The summed E-state index contributed by atoms with van der Waals surface area (Å²) in [6.07, 6.45) is 0. The van der Waals surface area contributed by atoms with Crippen LogP contribution in [0.3, 0.4) is 0 Å².